The third kappa shape index (κ3) is 4.04. The molecule has 114 valence electrons. The van der Waals surface area contributed by atoms with E-state index in [-0.39, 0.29) is 6.04 Å². The van der Waals surface area contributed by atoms with E-state index < -0.39 is 17.9 Å². The number of hydrogen-bond donors (Lipinski definition) is 3. The number of carbonyl (C=O) groups is 2. The van der Waals surface area contributed by atoms with Gasteiger partial charge in [0.05, 0.1) is 12.1 Å². The molecule has 3 N–H and O–H groups in total. The second kappa shape index (κ2) is 6.72. The molecular formula is C16H22N2O3. The van der Waals surface area contributed by atoms with Gasteiger partial charge in [-0.25, -0.2) is 0 Å². The average molecular weight is 290 g/mol. The van der Waals surface area contributed by atoms with Gasteiger partial charge in [0.15, 0.2) is 0 Å². The predicted octanol–water partition coefficient (Wildman–Crippen LogP) is 1.66. The van der Waals surface area contributed by atoms with E-state index >= 15 is 0 Å². The Balaban J connectivity index is 1.94. The zero-order valence-electron chi connectivity index (χ0n) is 12.5. The summed E-state index contributed by atoms with van der Waals surface area (Å²) in [6, 6.07) is 5.28. The van der Waals surface area contributed by atoms with E-state index in [0.29, 0.717) is 18.5 Å². The average Bonchev–Trinajstić information content (AvgIpc) is 2.44. The molecule has 2 rings (SSSR count). The van der Waals surface area contributed by atoms with Gasteiger partial charge in [0.1, 0.15) is 0 Å². The Morgan fingerprint density at radius 1 is 1.14 bits per heavy atom. The summed E-state index contributed by atoms with van der Waals surface area (Å²) in [5.74, 6) is -1.39. The molecule has 0 spiro atoms. The van der Waals surface area contributed by atoms with Gasteiger partial charge in [0.25, 0.3) is 0 Å². The predicted molar refractivity (Wildman–Crippen MR) is 81.0 cm³/mol. The Morgan fingerprint density at radius 3 is 2.52 bits per heavy atom. The lowest BCUT2D eigenvalue weighted by Gasteiger charge is -2.28. The van der Waals surface area contributed by atoms with E-state index in [1.54, 1.807) is 6.07 Å². The minimum absolute atomic E-state index is 0.323. The summed E-state index contributed by atoms with van der Waals surface area (Å²) < 4.78 is 0. The van der Waals surface area contributed by atoms with Crippen molar-refractivity contribution in [2.45, 2.75) is 51.7 Å². The standard InChI is InChI=1S/C16H22N2O3/c1-10-7-8-12(11(2)9-10)17-15(20)16(21)18-13-5-3-4-6-14(13)19/h7-9,13-14,19H,3-6H2,1-2H3,(H,17,20)(H,18,21). The molecule has 2 unspecified atom stereocenters. The lowest BCUT2D eigenvalue weighted by molar-refractivity contribution is -0.137. The van der Waals surface area contributed by atoms with E-state index in [1.165, 1.54) is 0 Å². The summed E-state index contributed by atoms with van der Waals surface area (Å²) in [6.07, 6.45) is 2.74. The van der Waals surface area contributed by atoms with E-state index in [0.717, 1.165) is 24.0 Å². The van der Waals surface area contributed by atoms with E-state index in [1.807, 2.05) is 26.0 Å². The molecule has 5 heteroatoms. The van der Waals surface area contributed by atoms with Gasteiger partial charge in [0, 0.05) is 5.69 Å². The van der Waals surface area contributed by atoms with Crippen LogP contribution in [-0.2, 0) is 9.59 Å². The third-order valence-electron chi connectivity index (χ3n) is 3.88. The first kappa shape index (κ1) is 15.5. The fraction of sp³-hybridized carbons (Fsp3) is 0.500. The molecule has 1 aliphatic carbocycles. The van der Waals surface area contributed by atoms with Gasteiger partial charge in [-0.2, -0.15) is 0 Å². The highest BCUT2D eigenvalue weighted by atomic mass is 16.3. The van der Waals surface area contributed by atoms with Gasteiger partial charge in [0.2, 0.25) is 0 Å². The number of anilines is 1. The van der Waals surface area contributed by atoms with Crippen LogP contribution in [0.5, 0.6) is 0 Å². The first-order valence-electron chi connectivity index (χ1n) is 7.34. The fourth-order valence-corrected chi connectivity index (χ4v) is 2.65. The third-order valence-corrected chi connectivity index (χ3v) is 3.88. The first-order valence-corrected chi connectivity index (χ1v) is 7.34. The summed E-state index contributed by atoms with van der Waals surface area (Å²) in [6.45, 7) is 3.85. The molecule has 1 saturated carbocycles. The SMILES string of the molecule is Cc1ccc(NC(=O)C(=O)NC2CCCCC2O)c(C)c1. The highest BCUT2D eigenvalue weighted by Gasteiger charge is 2.26. The van der Waals surface area contributed by atoms with Crippen LogP contribution in [-0.4, -0.2) is 29.1 Å². The number of hydrogen-bond acceptors (Lipinski definition) is 3. The summed E-state index contributed by atoms with van der Waals surface area (Å²) in [4.78, 5) is 23.8. The number of rotatable bonds is 2. The number of amides is 2. The molecule has 1 aromatic carbocycles. The van der Waals surface area contributed by atoms with Crippen molar-refractivity contribution in [2.24, 2.45) is 0 Å². The van der Waals surface area contributed by atoms with Crippen molar-refractivity contribution in [3.05, 3.63) is 29.3 Å². The molecule has 1 aromatic rings. The minimum atomic E-state index is -0.695. The highest BCUT2D eigenvalue weighted by molar-refractivity contribution is 6.39. The van der Waals surface area contributed by atoms with Crippen LogP contribution in [0.1, 0.15) is 36.8 Å². The lowest BCUT2D eigenvalue weighted by Crippen LogP contribution is -2.48. The van der Waals surface area contributed by atoms with E-state index in [9.17, 15) is 14.7 Å². The zero-order chi connectivity index (χ0) is 15.4. The molecule has 0 heterocycles. The molecule has 2 atom stereocenters. The lowest BCUT2D eigenvalue weighted by atomic mass is 9.92. The Morgan fingerprint density at radius 2 is 1.86 bits per heavy atom. The van der Waals surface area contributed by atoms with Gasteiger partial charge in [-0.05, 0) is 38.3 Å². The van der Waals surface area contributed by atoms with E-state index in [4.69, 9.17) is 0 Å². The van der Waals surface area contributed by atoms with Crippen molar-refractivity contribution in [2.75, 3.05) is 5.32 Å². The molecule has 1 aliphatic rings. The maximum absolute atomic E-state index is 11.9. The van der Waals surface area contributed by atoms with Crippen LogP contribution in [0.2, 0.25) is 0 Å². The molecule has 1 fully saturated rings. The summed E-state index contributed by atoms with van der Waals surface area (Å²) >= 11 is 0. The van der Waals surface area contributed by atoms with Gasteiger partial charge < -0.3 is 15.7 Å². The first-order chi connectivity index (χ1) is 9.97. The topological polar surface area (TPSA) is 78.4 Å². The van der Waals surface area contributed by atoms with Crippen LogP contribution in [0.25, 0.3) is 0 Å². The second-order valence-corrected chi connectivity index (χ2v) is 5.70. The van der Waals surface area contributed by atoms with Crippen LogP contribution < -0.4 is 10.6 Å². The molecule has 0 aliphatic heterocycles. The number of carbonyl (C=O) groups excluding carboxylic acids is 2. The molecule has 2 amide bonds. The van der Waals surface area contributed by atoms with Gasteiger partial charge in [-0.1, -0.05) is 30.5 Å². The number of aryl methyl sites for hydroxylation is 2. The van der Waals surface area contributed by atoms with Crippen molar-refractivity contribution in [1.29, 1.82) is 0 Å². The van der Waals surface area contributed by atoms with Crippen LogP contribution in [0.3, 0.4) is 0 Å². The van der Waals surface area contributed by atoms with Crippen molar-refractivity contribution < 1.29 is 14.7 Å². The maximum atomic E-state index is 11.9. The molecular weight excluding hydrogens is 268 g/mol. The zero-order valence-corrected chi connectivity index (χ0v) is 12.5. The molecule has 21 heavy (non-hydrogen) atoms. The molecule has 0 aromatic heterocycles. The van der Waals surface area contributed by atoms with Crippen molar-refractivity contribution >= 4 is 17.5 Å². The number of aliphatic hydroxyl groups excluding tert-OH is 1. The van der Waals surface area contributed by atoms with Gasteiger partial charge in [-0.15, -0.1) is 0 Å². The largest absolute Gasteiger partial charge is 0.391 e. The summed E-state index contributed by atoms with van der Waals surface area (Å²) in [5, 5.41) is 15.0. The van der Waals surface area contributed by atoms with Crippen molar-refractivity contribution in [3.8, 4) is 0 Å². The molecule has 0 radical (unpaired) electrons. The number of benzene rings is 1. The monoisotopic (exact) mass is 290 g/mol. The van der Waals surface area contributed by atoms with Crippen LogP contribution in [0.15, 0.2) is 18.2 Å². The fourth-order valence-electron chi connectivity index (χ4n) is 2.65. The molecule has 0 bridgehead atoms. The Kier molecular flexibility index (Phi) is 4.96. The smallest absolute Gasteiger partial charge is 0.313 e. The Labute approximate surface area is 124 Å². The van der Waals surface area contributed by atoms with Gasteiger partial charge in [-0.3, -0.25) is 9.59 Å². The number of nitrogens with one attached hydrogen (secondary N) is 2. The normalized spacial score (nSPS) is 21.7. The summed E-state index contributed by atoms with van der Waals surface area (Å²) in [5.41, 5.74) is 2.64. The quantitative estimate of drug-likeness (QED) is 0.725. The van der Waals surface area contributed by atoms with Gasteiger partial charge >= 0.3 is 11.8 Å². The molecule has 0 saturated heterocycles. The van der Waals surface area contributed by atoms with Crippen LogP contribution >= 0.6 is 0 Å². The summed E-state index contributed by atoms with van der Waals surface area (Å²) in [7, 11) is 0. The maximum Gasteiger partial charge on any atom is 0.313 e. The van der Waals surface area contributed by atoms with E-state index in [2.05, 4.69) is 10.6 Å². The Hall–Kier alpha value is -1.88. The van der Waals surface area contributed by atoms with Crippen molar-refractivity contribution in [1.82, 2.24) is 5.32 Å². The molecule has 5 nitrogen and oxygen atoms in total. The van der Waals surface area contributed by atoms with Crippen molar-refractivity contribution in [3.63, 3.8) is 0 Å². The highest BCUT2D eigenvalue weighted by Crippen LogP contribution is 2.19. The Bertz CT molecular complexity index is 542. The van der Waals surface area contributed by atoms with Crippen LogP contribution in [0.4, 0.5) is 5.69 Å². The minimum Gasteiger partial charge on any atom is -0.391 e. The van der Waals surface area contributed by atoms with Crippen LogP contribution in [0, 0.1) is 13.8 Å². The number of aliphatic hydroxyl groups is 1. The second-order valence-electron chi connectivity index (χ2n) is 5.70.